The van der Waals surface area contributed by atoms with Crippen molar-refractivity contribution in [2.75, 3.05) is 13.6 Å². The van der Waals surface area contributed by atoms with E-state index in [1.165, 1.54) is 5.52 Å². The second-order valence-corrected chi connectivity index (χ2v) is 7.99. The highest BCUT2D eigenvalue weighted by Gasteiger charge is 2.09. The summed E-state index contributed by atoms with van der Waals surface area (Å²) >= 11 is 0. The molecular weight excluding hydrogens is 527 g/mol. The van der Waals surface area contributed by atoms with Crippen molar-refractivity contribution in [3.05, 3.63) is 65.5 Å². The molecule has 7 nitrogen and oxygen atoms in total. The molecule has 0 saturated heterocycles. The SMILES string of the molecule is CCC(C)NC(=O)c1ccc(CNC(=NC)NCCCn2c(C)nc3ccccc32)cc1.I. The molecule has 3 N–H and O–H groups in total. The highest BCUT2D eigenvalue weighted by Crippen LogP contribution is 2.15. The lowest BCUT2D eigenvalue weighted by Gasteiger charge is -2.14. The summed E-state index contributed by atoms with van der Waals surface area (Å²) in [4.78, 5) is 21.1. The van der Waals surface area contributed by atoms with Gasteiger partial charge in [0.1, 0.15) is 5.82 Å². The van der Waals surface area contributed by atoms with E-state index in [1.807, 2.05) is 50.2 Å². The Kier molecular flexibility index (Phi) is 10.6. The molecule has 3 aromatic rings. The first-order chi connectivity index (χ1) is 15.5. The summed E-state index contributed by atoms with van der Waals surface area (Å²) in [6.07, 6.45) is 1.88. The molecule has 3 rings (SSSR count). The zero-order valence-corrected chi connectivity index (χ0v) is 22.2. The fraction of sp³-hybridized carbons (Fsp3) is 0.400. The summed E-state index contributed by atoms with van der Waals surface area (Å²) in [5, 5.41) is 9.69. The van der Waals surface area contributed by atoms with Gasteiger partial charge in [-0.05, 0) is 56.5 Å². The van der Waals surface area contributed by atoms with Crippen LogP contribution in [0.5, 0.6) is 0 Å². The van der Waals surface area contributed by atoms with E-state index in [1.54, 1.807) is 7.05 Å². The van der Waals surface area contributed by atoms with Crippen molar-refractivity contribution < 1.29 is 4.79 Å². The lowest BCUT2D eigenvalue weighted by atomic mass is 10.1. The molecule has 0 spiro atoms. The molecule has 8 heteroatoms. The maximum atomic E-state index is 12.2. The fourth-order valence-electron chi connectivity index (χ4n) is 3.51. The van der Waals surface area contributed by atoms with Gasteiger partial charge in [-0.3, -0.25) is 9.79 Å². The van der Waals surface area contributed by atoms with Crippen molar-refractivity contribution in [2.45, 2.75) is 52.7 Å². The molecule has 2 aromatic carbocycles. The maximum Gasteiger partial charge on any atom is 0.251 e. The zero-order chi connectivity index (χ0) is 22.9. The standard InChI is InChI=1S/C25H34N6O.HI/c1-5-18(2)29-24(32)21-13-11-20(12-14-21)17-28-25(26-4)27-15-8-16-31-19(3)30-22-9-6-7-10-23(22)31;/h6-7,9-14,18H,5,8,15-17H2,1-4H3,(H,29,32)(H2,26,27,28);1H. The van der Waals surface area contributed by atoms with Gasteiger partial charge in [0, 0.05) is 38.3 Å². The quantitative estimate of drug-likeness (QED) is 0.158. The number of imidazole rings is 1. The number of aryl methyl sites for hydroxylation is 2. The van der Waals surface area contributed by atoms with E-state index in [2.05, 4.69) is 49.6 Å². The lowest BCUT2D eigenvalue weighted by molar-refractivity contribution is 0.0939. The number of carbonyl (C=O) groups is 1. The second kappa shape index (κ2) is 13.2. The van der Waals surface area contributed by atoms with Crippen molar-refractivity contribution in [1.29, 1.82) is 0 Å². The number of hydrogen-bond donors (Lipinski definition) is 3. The molecule has 0 saturated carbocycles. The molecule has 0 aliphatic carbocycles. The van der Waals surface area contributed by atoms with E-state index in [4.69, 9.17) is 0 Å². The van der Waals surface area contributed by atoms with Gasteiger partial charge < -0.3 is 20.5 Å². The minimum Gasteiger partial charge on any atom is -0.356 e. The van der Waals surface area contributed by atoms with Crippen LogP contribution in [-0.4, -0.2) is 41.1 Å². The number of aromatic nitrogens is 2. The van der Waals surface area contributed by atoms with Gasteiger partial charge >= 0.3 is 0 Å². The number of guanidine groups is 1. The molecule has 0 fully saturated rings. The molecule has 0 aliphatic heterocycles. The largest absolute Gasteiger partial charge is 0.356 e. The number of nitrogens with one attached hydrogen (secondary N) is 3. The molecule has 1 atom stereocenters. The Hall–Kier alpha value is -2.62. The number of hydrogen-bond acceptors (Lipinski definition) is 3. The molecule has 178 valence electrons. The molecule has 0 aliphatic rings. The Morgan fingerprint density at radius 3 is 2.55 bits per heavy atom. The molecule has 1 aromatic heterocycles. The Morgan fingerprint density at radius 1 is 1.12 bits per heavy atom. The molecule has 1 heterocycles. The van der Waals surface area contributed by atoms with Crippen LogP contribution < -0.4 is 16.0 Å². The number of para-hydroxylation sites is 2. The van der Waals surface area contributed by atoms with E-state index in [-0.39, 0.29) is 35.9 Å². The predicted octanol–water partition coefficient (Wildman–Crippen LogP) is 4.25. The highest BCUT2D eigenvalue weighted by atomic mass is 127. The van der Waals surface area contributed by atoms with Crippen molar-refractivity contribution >= 4 is 46.9 Å². The summed E-state index contributed by atoms with van der Waals surface area (Å²) in [6, 6.07) is 16.1. The van der Waals surface area contributed by atoms with Crippen molar-refractivity contribution in [3.63, 3.8) is 0 Å². The van der Waals surface area contributed by atoms with Crippen molar-refractivity contribution in [2.24, 2.45) is 4.99 Å². The topological polar surface area (TPSA) is 83.3 Å². The van der Waals surface area contributed by atoms with Crippen LogP contribution in [0.15, 0.2) is 53.5 Å². The van der Waals surface area contributed by atoms with E-state index in [9.17, 15) is 4.79 Å². The fourth-order valence-corrected chi connectivity index (χ4v) is 3.51. The number of carbonyl (C=O) groups excluding carboxylic acids is 1. The minimum absolute atomic E-state index is 0. The monoisotopic (exact) mass is 562 g/mol. The number of aliphatic imine (C=N–C) groups is 1. The number of amides is 1. The van der Waals surface area contributed by atoms with Gasteiger partial charge in [-0.1, -0.05) is 31.2 Å². The van der Waals surface area contributed by atoms with Gasteiger partial charge in [-0.2, -0.15) is 0 Å². The third-order valence-corrected chi connectivity index (χ3v) is 5.59. The number of rotatable bonds is 9. The average molecular weight is 563 g/mol. The molecule has 0 radical (unpaired) electrons. The van der Waals surface area contributed by atoms with Gasteiger partial charge in [0.05, 0.1) is 11.0 Å². The van der Waals surface area contributed by atoms with Crippen LogP contribution >= 0.6 is 24.0 Å². The van der Waals surface area contributed by atoms with Crippen LogP contribution in [0.1, 0.15) is 48.4 Å². The molecule has 0 bridgehead atoms. The molecule has 1 amide bonds. The van der Waals surface area contributed by atoms with Crippen LogP contribution in [-0.2, 0) is 13.1 Å². The Balaban J connectivity index is 0.00000385. The first-order valence-electron chi connectivity index (χ1n) is 11.3. The van der Waals surface area contributed by atoms with Crippen LogP contribution in [0.25, 0.3) is 11.0 Å². The van der Waals surface area contributed by atoms with Crippen LogP contribution in [0.4, 0.5) is 0 Å². The normalized spacial score (nSPS) is 12.2. The number of halogens is 1. The van der Waals surface area contributed by atoms with E-state index < -0.39 is 0 Å². The lowest BCUT2D eigenvalue weighted by Crippen LogP contribution is -2.37. The zero-order valence-electron chi connectivity index (χ0n) is 19.9. The summed E-state index contributed by atoms with van der Waals surface area (Å²) in [5.74, 6) is 1.77. The Morgan fingerprint density at radius 2 is 1.85 bits per heavy atom. The van der Waals surface area contributed by atoms with E-state index in [0.29, 0.717) is 12.1 Å². The molecule has 33 heavy (non-hydrogen) atoms. The summed E-state index contributed by atoms with van der Waals surface area (Å²) in [6.45, 7) is 8.46. The second-order valence-electron chi connectivity index (χ2n) is 7.99. The third-order valence-electron chi connectivity index (χ3n) is 5.59. The Labute approximate surface area is 213 Å². The minimum atomic E-state index is -0.0303. The number of benzene rings is 2. The first-order valence-corrected chi connectivity index (χ1v) is 11.3. The van der Waals surface area contributed by atoms with E-state index in [0.717, 1.165) is 48.8 Å². The summed E-state index contributed by atoms with van der Waals surface area (Å²) in [5.41, 5.74) is 3.99. The number of fused-ring (bicyclic) bond motifs is 1. The van der Waals surface area contributed by atoms with Crippen LogP contribution in [0, 0.1) is 6.92 Å². The predicted molar refractivity (Wildman–Crippen MR) is 146 cm³/mol. The van der Waals surface area contributed by atoms with Crippen molar-refractivity contribution in [1.82, 2.24) is 25.5 Å². The third kappa shape index (κ3) is 7.45. The summed E-state index contributed by atoms with van der Waals surface area (Å²) < 4.78 is 2.26. The average Bonchev–Trinajstić information content (AvgIpc) is 3.13. The highest BCUT2D eigenvalue weighted by molar-refractivity contribution is 14.0. The van der Waals surface area contributed by atoms with Gasteiger partial charge in [0.2, 0.25) is 0 Å². The maximum absolute atomic E-state index is 12.2. The van der Waals surface area contributed by atoms with E-state index >= 15 is 0 Å². The van der Waals surface area contributed by atoms with Crippen LogP contribution in [0.3, 0.4) is 0 Å². The van der Waals surface area contributed by atoms with Gasteiger partial charge in [-0.25, -0.2) is 4.98 Å². The Bertz CT molecular complexity index is 1060. The van der Waals surface area contributed by atoms with Gasteiger partial charge in [0.15, 0.2) is 5.96 Å². The first kappa shape index (κ1) is 26.6. The van der Waals surface area contributed by atoms with Gasteiger partial charge in [-0.15, -0.1) is 24.0 Å². The van der Waals surface area contributed by atoms with Gasteiger partial charge in [0.25, 0.3) is 5.91 Å². The van der Waals surface area contributed by atoms with Crippen molar-refractivity contribution in [3.8, 4) is 0 Å². The smallest absolute Gasteiger partial charge is 0.251 e. The molecular formula is C25H35IN6O. The van der Waals surface area contributed by atoms with Crippen LogP contribution in [0.2, 0.25) is 0 Å². The number of nitrogens with zero attached hydrogens (tertiary/aromatic N) is 3. The summed E-state index contributed by atoms with van der Waals surface area (Å²) in [7, 11) is 1.77. The molecule has 1 unspecified atom stereocenters.